The molecule has 0 saturated carbocycles. The van der Waals surface area contributed by atoms with Gasteiger partial charge in [-0.05, 0) is 44.1 Å². The number of hydrogen-bond acceptors (Lipinski definition) is 2. The van der Waals surface area contributed by atoms with Crippen LogP contribution < -0.4 is 5.32 Å². The highest BCUT2D eigenvalue weighted by atomic mass is 19.4. The third kappa shape index (κ3) is 3.94. The summed E-state index contributed by atoms with van der Waals surface area (Å²) < 4.78 is 37.2. The number of likely N-dealkylation sites (tertiary alicyclic amines) is 1. The van der Waals surface area contributed by atoms with E-state index in [-0.39, 0.29) is 0 Å². The Kier molecular flexibility index (Phi) is 4.47. The van der Waals surface area contributed by atoms with E-state index in [4.69, 9.17) is 0 Å². The Bertz CT molecular complexity index is 400. The van der Waals surface area contributed by atoms with Crippen LogP contribution in [0.5, 0.6) is 0 Å². The van der Waals surface area contributed by atoms with E-state index >= 15 is 0 Å². The van der Waals surface area contributed by atoms with Crippen molar-refractivity contribution in [2.24, 2.45) is 0 Å². The van der Waals surface area contributed by atoms with E-state index in [0.717, 1.165) is 30.8 Å². The van der Waals surface area contributed by atoms with Crippen molar-refractivity contribution in [3.8, 4) is 0 Å². The smallest absolute Gasteiger partial charge is 0.311 e. The molecule has 1 aliphatic rings. The molecule has 0 spiro atoms. The summed E-state index contributed by atoms with van der Waals surface area (Å²) in [5.74, 6) is 0. The number of halogens is 3. The van der Waals surface area contributed by atoms with Crippen LogP contribution in [0.15, 0.2) is 24.3 Å². The molecular weight excluding hydrogens is 253 g/mol. The molecule has 2 rings (SSSR count). The monoisotopic (exact) mass is 272 g/mol. The van der Waals surface area contributed by atoms with E-state index in [1.807, 2.05) is 0 Å². The second kappa shape index (κ2) is 5.92. The van der Waals surface area contributed by atoms with Crippen LogP contribution in [0.2, 0.25) is 0 Å². The Hall–Kier alpha value is -1.07. The molecule has 0 aromatic heterocycles. The van der Waals surface area contributed by atoms with Crippen molar-refractivity contribution in [2.75, 3.05) is 20.1 Å². The minimum Gasteiger partial charge on any atom is -0.311 e. The Morgan fingerprint density at radius 2 is 1.95 bits per heavy atom. The maximum atomic E-state index is 12.4. The summed E-state index contributed by atoms with van der Waals surface area (Å²) in [6, 6.07) is 5.90. The van der Waals surface area contributed by atoms with E-state index in [9.17, 15) is 13.2 Å². The van der Waals surface area contributed by atoms with Crippen LogP contribution in [-0.2, 0) is 12.7 Å². The average molecular weight is 272 g/mol. The molecule has 1 atom stereocenters. The molecule has 0 bridgehead atoms. The lowest BCUT2D eigenvalue weighted by molar-refractivity contribution is -0.137. The largest absolute Gasteiger partial charge is 0.416 e. The van der Waals surface area contributed by atoms with Crippen LogP contribution in [0.4, 0.5) is 13.2 Å². The fraction of sp³-hybridized carbons (Fsp3) is 0.571. The molecule has 0 radical (unpaired) electrons. The van der Waals surface area contributed by atoms with E-state index in [2.05, 4.69) is 17.3 Å². The van der Waals surface area contributed by atoms with Gasteiger partial charge in [-0.2, -0.15) is 13.2 Å². The van der Waals surface area contributed by atoms with Gasteiger partial charge in [0.05, 0.1) is 5.56 Å². The van der Waals surface area contributed by atoms with Crippen LogP contribution in [0.25, 0.3) is 0 Å². The maximum absolute atomic E-state index is 12.4. The summed E-state index contributed by atoms with van der Waals surface area (Å²) in [6.45, 7) is 2.63. The predicted octanol–water partition coefficient (Wildman–Crippen LogP) is 2.89. The molecule has 2 nitrogen and oxygen atoms in total. The van der Waals surface area contributed by atoms with E-state index in [1.54, 1.807) is 0 Å². The number of nitrogens with zero attached hydrogens (tertiary/aromatic N) is 1. The highest BCUT2D eigenvalue weighted by molar-refractivity contribution is 5.24. The van der Waals surface area contributed by atoms with Crippen molar-refractivity contribution in [3.63, 3.8) is 0 Å². The molecule has 0 amide bonds. The molecular formula is C14H19F3N2. The zero-order valence-corrected chi connectivity index (χ0v) is 11.0. The van der Waals surface area contributed by atoms with E-state index < -0.39 is 11.7 Å². The molecule has 1 unspecified atom stereocenters. The van der Waals surface area contributed by atoms with Gasteiger partial charge in [-0.15, -0.1) is 0 Å². The van der Waals surface area contributed by atoms with Gasteiger partial charge < -0.3 is 10.2 Å². The number of hydrogen-bond donors (Lipinski definition) is 1. The van der Waals surface area contributed by atoms with Gasteiger partial charge in [-0.25, -0.2) is 0 Å². The number of benzene rings is 1. The number of alkyl halides is 3. The summed E-state index contributed by atoms with van der Waals surface area (Å²) in [4.78, 5) is 2.32. The van der Waals surface area contributed by atoms with Gasteiger partial charge in [-0.3, -0.25) is 0 Å². The van der Waals surface area contributed by atoms with Crippen molar-refractivity contribution in [2.45, 2.75) is 31.6 Å². The van der Waals surface area contributed by atoms with Gasteiger partial charge >= 0.3 is 6.18 Å². The first-order chi connectivity index (χ1) is 8.97. The van der Waals surface area contributed by atoms with Gasteiger partial charge in [-0.1, -0.05) is 12.1 Å². The first-order valence-corrected chi connectivity index (χ1v) is 6.54. The lowest BCUT2D eigenvalue weighted by Gasteiger charge is -2.19. The van der Waals surface area contributed by atoms with Gasteiger partial charge in [0, 0.05) is 19.1 Å². The highest BCUT2D eigenvalue weighted by Gasteiger charge is 2.29. The number of nitrogens with one attached hydrogen (secondary N) is 1. The van der Waals surface area contributed by atoms with Crippen molar-refractivity contribution < 1.29 is 13.2 Å². The molecule has 1 aromatic rings. The molecule has 1 aliphatic heterocycles. The van der Waals surface area contributed by atoms with Gasteiger partial charge in [0.15, 0.2) is 0 Å². The SMILES string of the molecule is CN1CCCC1CNCc1ccc(C(F)(F)F)cc1. The fourth-order valence-electron chi connectivity index (χ4n) is 2.43. The van der Waals surface area contributed by atoms with Crippen molar-refractivity contribution in [1.82, 2.24) is 10.2 Å². The third-order valence-electron chi connectivity index (χ3n) is 3.66. The fourth-order valence-corrected chi connectivity index (χ4v) is 2.43. The summed E-state index contributed by atoms with van der Waals surface area (Å²) >= 11 is 0. The molecule has 1 heterocycles. The third-order valence-corrected chi connectivity index (χ3v) is 3.66. The second-order valence-corrected chi connectivity index (χ2v) is 5.10. The van der Waals surface area contributed by atoms with Gasteiger partial charge in [0.2, 0.25) is 0 Å². The van der Waals surface area contributed by atoms with E-state index in [0.29, 0.717) is 12.6 Å². The van der Waals surface area contributed by atoms with Crippen LogP contribution in [0, 0.1) is 0 Å². The van der Waals surface area contributed by atoms with E-state index in [1.165, 1.54) is 25.0 Å². The minimum atomic E-state index is -4.25. The molecule has 1 aromatic carbocycles. The van der Waals surface area contributed by atoms with Crippen molar-refractivity contribution in [1.29, 1.82) is 0 Å². The second-order valence-electron chi connectivity index (χ2n) is 5.10. The van der Waals surface area contributed by atoms with Crippen LogP contribution >= 0.6 is 0 Å². The Labute approximate surface area is 111 Å². The number of rotatable bonds is 4. The van der Waals surface area contributed by atoms with Crippen LogP contribution in [0.1, 0.15) is 24.0 Å². The molecule has 19 heavy (non-hydrogen) atoms. The first kappa shape index (κ1) is 14.3. The van der Waals surface area contributed by atoms with Crippen molar-refractivity contribution >= 4 is 0 Å². The normalized spacial score (nSPS) is 20.9. The topological polar surface area (TPSA) is 15.3 Å². The molecule has 106 valence electrons. The summed E-state index contributed by atoms with van der Waals surface area (Å²) in [5, 5.41) is 3.31. The Balaban J connectivity index is 1.80. The van der Waals surface area contributed by atoms with Crippen molar-refractivity contribution in [3.05, 3.63) is 35.4 Å². The Morgan fingerprint density at radius 1 is 1.26 bits per heavy atom. The lowest BCUT2D eigenvalue weighted by atomic mass is 10.1. The molecule has 1 fully saturated rings. The lowest BCUT2D eigenvalue weighted by Crippen LogP contribution is -2.35. The predicted molar refractivity (Wildman–Crippen MR) is 68.8 cm³/mol. The summed E-state index contributed by atoms with van der Waals surface area (Å²) in [7, 11) is 2.11. The van der Waals surface area contributed by atoms with Crippen LogP contribution in [0.3, 0.4) is 0 Å². The molecule has 5 heteroatoms. The zero-order valence-electron chi connectivity index (χ0n) is 11.0. The summed E-state index contributed by atoms with van der Waals surface area (Å²) in [6.07, 6.45) is -1.84. The average Bonchev–Trinajstić information content (AvgIpc) is 2.75. The molecule has 1 saturated heterocycles. The minimum absolute atomic E-state index is 0.550. The van der Waals surface area contributed by atoms with Gasteiger partial charge in [0.1, 0.15) is 0 Å². The molecule has 0 aliphatic carbocycles. The first-order valence-electron chi connectivity index (χ1n) is 6.54. The Morgan fingerprint density at radius 3 is 2.47 bits per heavy atom. The summed E-state index contributed by atoms with van der Waals surface area (Å²) in [5.41, 5.74) is 0.292. The highest BCUT2D eigenvalue weighted by Crippen LogP contribution is 2.29. The zero-order chi connectivity index (χ0) is 13.9. The molecule has 1 N–H and O–H groups in total. The van der Waals surface area contributed by atoms with Gasteiger partial charge in [0.25, 0.3) is 0 Å². The number of likely N-dealkylation sites (N-methyl/N-ethyl adjacent to an activating group) is 1. The standard InChI is InChI=1S/C14H19F3N2/c1-19-8-2-3-13(19)10-18-9-11-4-6-12(7-5-11)14(15,16)17/h4-7,13,18H,2-3,8-10H2,1H3. The maximum Gasteiger partial charge on any atom is 0.416 e. The quantitative estimate of drug-likeness (QED) is 0.906. The van der Waals surface area contributed by atoms with Crippen LogP contribution in [-0.4, -0.2) is 31.1 Å².